The molecule has 0 spiro atoms. The van der Waals surface area contributed by atoms with Gasteiger partial charge in [0.25, 0.3) is 0 Å². The standard InChI is InChI=1S/C23H16Br2O3/c24-18-10-4-8-16(12-18)22(27)23(17-9-5-11-19(25)13-17)20(14-21(26)28-23)15-6-2-1-3-7-15/h1-13,20H,14H2/t20-,23+/m1/s1. The Bertz CT molecular complexity index is 1050. The van der Waals surface area contributed by atoms with Gasteiger partial charge in [0.2, 0.25) is 11.4 Å². The van der Waals surface area contributed by atoms with E-state index in [2.05, 4.69) is 31.9 Å². The molecular weight excluding hydrogens is 484 g/mol. The Morgan fingerprint density at radius 1 is 0.893 bits per heavy atom. The first-order chi connectivity index (χ1) is 13.5. The van der Waals surface area contributed by atoms with Crippen molar-refractivity contribution in [2.75, 3.05) is 0 Å². The number of cyclic esters (lactones) is 1. The Labute approximate surface area is 180 Å². The van der Waals surface area contributed by atoms with Crippen LogP contribution in [0.4, 0.5) is 0 Å². The smallest absolute Gasteiger partial charge is 0.307 e. The van der Waals surface area contributed by atoms with Crippen molar-refractivity contribution in [1.29, 1.82) is 0 Å². The number of ketones is 1. The summed E-state index contributed by atoms with van der Waals surface area (Å²) in [5.74, 6) is -1.02. The van der Waals surface area contributed by atoms with Crippen molar-refractivity contribution in [3.8, 4) is 0 Å². The number of rotatable bonds is 4. The highest BCUT2D eigenvalue weighted by atomic mass is 79.9. The second-order valence-corrected chi connectivity index (χ2v) is 8.56. The molecule has 5 heteroatoms. The van der Waals surface area contributed by atoms with Crippen LogP contribution in [-0.2, 0) is 15.1 Å². The van der Waals surface area contributed by atoms with Crippen LogP contribution in [0.15, 0.2) is 87.8 Å². The van der Waals surface area contributed by atoms with Crippen LogP contribution in [0.1, 0.15) is 33.8 Å². The Morgan fingerprint density at radius 3 is 2.25 bits per heavy atom. The van der Waals surface area contributed by atoms with E-state index in [1.165, 1.54) is 0 Å². The third-order valence-corrected chi connectivity index (χ3v) is 6.00. The van der Waals surface area contributed by atoms with Crippen LogP contribution in [0.2, 0.25) is 0 Å². The lowest BCUT2D eigenvalue weighted by Gasteiger charge is -2.33. The monoisotopic (exact) mass is 498 g/mol. The molecule has 3 nitrogen and oxygen atoms in total. The number of Topliss-reactive ketones (excluding diaryl/α,β-unsaturated/α-hetero) is 1. The molecule has 2 atom stereocenters. The fraction of sp³-hybridized carbons (Fsp3) is 0.130. The number of esters is 1. The Kier molecular flexibility index (Phi) is 5.21. The maximum absolute atomic E-state index is 13.8. The first-order valence-corrected chi connectivity index (χ1v) is 10.4. The van der Waals surface area contributed by atoms with Crippen LogP contribution < -0.4 is 0 Å². The molecule has 3 aromatic carbocycles. The van der Waals surface area contributed by atoms with E-state index in [-0.39, 0.29) is 18.2 Å². The topological polar surface area (TPSA) is 43.4 Å². The Morgan fingerprint density at radius 2 is 1.57 bits per heavy atom. The molecule has 28 heavy (non-hydrogen) atoms. The van der Waals surface area contributed by atoms with E-state index in [0.717, 1.165) is 14.5 Å². The van der Waals surface area contributed by atoms with Gasteiger partial charge in [-0.2, -0.15) is 0 Å². The molecule has 0 amide bonds. The van der Waals surface area contributed by atoms with Crippen LogP contribution in [-0.4, -0.2) is 11.8 Å². The normalized spacial score (nSPS) is 21.4. The molecular formula is C23H16Br2O3. The number of hydrogen-bond acceptors (Lipinski definition) is 3. The summed E-state index contributed by atoms with van der Waals surface area (Å²) in [4.78, 5) is 26.4. The van der Waals surface area contributed by atoms with E-state index in [1.807, 2.05) is 60.7 Å². The van der Waals surface area contributed by atoms with E-state index in [0.29, 0.717) is 11.1 Å². The number of benzene rings is 3. The summed E-state index contributed by atoms with van der Waals surface area (Å²) in [5, 5.41) is 0. The minimum Gasteiger partial charge on any atom is -0.445 e. The molecule has 1 saturated heterocycles. The lowest BCUT2D eigenvalue weighted by Crippen LogP contribution is -2.40. The summed E-state index contributed by atoms with van der Waals surface area (Å²) in [6, 6.07) is 24.2. The van der Waals surface area contributed by atoms with Crippen molar-refractivity contribution in [2.45, 2.75) is 17.9 Å². The molecule has 0 radical (unpaired) electrons. The summed E-state index contributed by atoms with van der Waals surface area (Å²) in [6.07, 6.45) is 0.149. The number of ether oxygens (including phenoxy) is 1. The minimum atomic E-state index is -1.41. The van der Waals surface area contributed by atoms with Crippen LogP contribution in [0, 0.1) is 0 Å². The molecule has 140 valence electrons. The molecule has 1 aliphatic rings. The minimum absolute atomic E-state index is 0.149. The maximum atomic E-state index is 13.8. The van der Waals surface area contributed by atoms with Gasteiger partial charge < -0.3 is 4.74 Å². The summed E-state index contributed by atoms with van der Waals surface area (Å²) in [7, 11) is 0. The summed E-state index contributed by atoms with van der Waals surface area (Å²) >= 11 is 6.91. The van der Waals surface area contributed by atoms with Gasteiger partial charge in [0.1, 0.15) is 0 Å². The van der Waals surface area contributed by atoms with E-state index >= 15 is 0 Å². The second-order valence-electron chi connectivity index (χ2n) is 6.73. The van der Waals surface area contributed by atoms with Gasteiger partial charge in [-0.25, -0.2) is 0 Å². The first kappa shape index (κ1) is 19.1. The lowest BCUT2D eigenvalue weighted by atomic mass is 9.73. The van der Waals surface area contributed by atoms with Gasteiger partial charge in [-0.15, -0.1) is 0 Å². The van der Waals surface area contributed by atoms with Crippen molar-refractivity contribution in [2.24, 2.45) is 0 Å². The highest BCUT2D eigenvalue weighted by Crippen LogP contribution is 2.50. The average Bonchev–Trinajstić information content (AvgIpc) is 3.06. The van der Waals surface area contributed by atoms with Gasteiger partial charge in [-0.05, 0) is 29.8 Å². The fourth-order valence-corrected chi connectivity index (χ4v) is 4.60. The molecule has 0 aliphatic carbocycles. The summed E-state index contributed by atoms with van der Waals surface area (Å²) in [5.41, 5.74) is 0.636. The quantitative estimate of drug-likeness (QED) is 0.325. The third kappa shape index (κ3) is 3.33. The summed E-state index contributed by atoms with van der Waals surface area (Å²) < 4.78 is 7.50. The average molecular weight is 500 g/mol. The second kappa shape index (κ2) is 7.64. The van der Waals surface area contributed by atoms with Crippen LogP contribution >= 0.6 is 31.9 Å². The number of carbonyl (C=O) groups excluding carboxylic acids is 2. The Balaban J connectivity index is 1.96. The van der Waals surface area contributed by atoms with Gasteiger partial charge in [-0.3, -0.25) is 9.59 Å². The van der Waals surface area contributed by atoms with Crippen molar-refractivity contribution >= 4 is 43.6 Å². The number of halogens is 2. The highest BCUT2D eigenvalue weighted by Gasteiger charge is 2.56. The molecule has 0 aromatic heterocycles. The molecule has 1 heterocycles. The van der Waals surface area contributed by atoms with Crippen molar-refractivity contribution in [3.05, 3.63) is 104 Å². The predicted octanol–water partition coefficient (Wildman–Crippen LogP) is 6.02. The third-order valence-electron chi connectivity index (χ3n) is 5.02. The van der Waals surface area contributed by atoms with E-state index in [4.69, 9.17) is 4.74 Å². The number of carbonyl (C=O) groups is 2. The van der Waals surface area contributed by atoms with Gasteiger partial charge >= 0.3 is 5.97 Å². The molecule has 0 bridgehead atoms. The van der Waals surface area contributed by atoms with Gasteiger partial charge in [0, 0.05) is 26.0 Å². The molecule has 0 saturated carbocycles. The van der Waals surface area contributed by atoms with E-state index in [1.54, 1.807) is 18.2 Å². The zero-order chi connectivity index (χ0) is 19.7. The zero-order valence-electron chi connectivity index (χ0n) is 14.8. The fourth-order valence-electron chi connectivity index (χ4n) is 3.80. The number of hydrogen-bond donors (Lipinski definition) is 0. The zero-order valence-corrected chi connectivity index (χ0v) is 17.9. The molecule has 1 aliphatic heterocycles. The predicted molar refractivity (Wildman–Crippen MR) is 114 cm³/mol. The van der Waals surface area contributed by atoms with Crippen LogP contribution in [0.25, 0.3) is 0 Å². The van der Waals surface area contributed by atoms with Gasteiger partial charge in [0.15, 0.2) is 0 Å². The van der Waals surface area contributed by atoms with Gasteiger partial charge in [-0.1, -0.05) is 86.5 Å². The van der Waals surface area contributed by atoms with Crippen molar-refractivity contribution < 1.29 is 14.3 Å². The van der Waals surface area contributed by atoms with Crippen molar-refractivity contribution in [3.63, 3.8) is 0 Å². The molecule has 0 N–H and O–H groups in total. The first-order valence-electron chi connectivity index (χ1n) is 8.84. The SMILES string of the molecule is O=C1C[C@H](c2ccccc2)[C@](C(=O)c2cccc(Br)c2)(c2cccc(Br)c2)O1. The van der Waals surface area contributed by atoms with E-state index in [9.17, 15) is 9.59 Å². The molecule has 0 unspecified atom stereocenters. The summed E-state index contributed by atoms with van der Waals surface area (Å²) in [6.45, 7) is 0. The van der Waals surface area contributed by atoms with Gasteiger partial charge in [0.05, 0.1) is 6.42 Å². The van der Waals surface area contributed by atoms with E-state index < -0.39 is 11.5 Å². The highest BCUT2D eigenvalue weighted by molar-refractivity contribution is 9.10. The lowest BCUT2D eigenvalue weighted by molar-refractivity contribution is -0.146. The largest absolute Gasteiger partial charge is 0.445 e. The Hall–Kier alpha value is -2.24. The molecule has 3 aromatic rings. The van der Waals surface area contributed by atoms with Crippen LogP contribution in [0.3, 0.4) is 0 Å². The van der Waals surface area contributed by atoms with Crippen LogP contribution in [0.5, 0.6) is 0 Å². The molecule has 4 rings (SSSR count). The van der Waals surface area contributed by atoms with Crippen molar-refractivity contribution in [1.82, 2.24) is 0 Å². The maximum Gasteiger partial charge on any atom is 0.307 e. The molecule has 1 fully saturated rings.